The molecule has 0 aliphatic rings. The predicted molar refractivity (Wildman–Crippen MR) is 125 cm³/mol. The van der Waals surface area contributed by atoms with Gasteiger partial charge in [0.15, 0.2) is 0 Å². The number of carboxylic acid groups (broad SMARTS) is 2. The topological polar surface area (TPSA) is 83.8 Å². The second kappa shape index (κ2) is 17.6. The monoisotopic (exact) mass is 434 g/mol. The predicted octanol–water partition coefficient (Wildman–Crippen LogP) is 6.80. The molecule has 1 aromatic carbocycles. The highest BCUT2D eigenvalue weighted by molar-refractivity contribution is 5.66. The van der Waals surface area contributed by atoms with Crippen molar-refractivity contribution in [2.75, 3.05) is 6.61 Å². The quantitative estimate of drug-likeness (QED) is 0.220. The van der Waals surface area contributed by atoms with Crippen molar-refractivity contribution in [1.29, 1.82) is 0 Å². The summed E-state index contributed by atoms with van der Waals surface area (Å²) in [5, 5.41) is 17.4. The number of benzene rings is 1. The van der Waals surface area contributed by atoms with E-state index in [1.807, 2.05) is 6.92 Å². The SMILES string of the molecule is CCOc1ccc(CCCCCCCCC(=O)O)c(CCCCCCCCC(=O)O)c1. The van der Waals surface area contributed by atoms with Crippen molar-refractivity contribution in [2.24, 2.45) is 0 Å². The summed E-state index contributed by atoms with van der Waals surface area (Å²) in [7, 11) is 0. The van der Waals surface area contributed by atoms with Gasteiger partial charge in [-0.3, -0.25) is 9.59 Å². The van der Waals surface area contributed by atoms with Gasteiger partial charge in [0.05, 0.1) is 6.61 Å². The van der Waals surface area contributed by atoms with E-state index in [0.29, 0.717) is 6.61 Å². The molecule has 2 N–H and O–H groups in total. The molecule has 0 bridgehead atoms. The second-order valence-corrected chi connectivity index (χ2v) is 8.39. The highest BCUT2D eigenvalue weighted by Crippen LogP contribution is 2.23. The average molecular weight is 435 g/mol. The number of rotatable bonds is 20. The summed E-state index contributed by atoms with van der Waals surface area (Å²) in [5.41, 5.74) is 2.83. The third kappa shape index (κ3) is 14.6. The molecule has 0 spiro atoms. The van der Waals surface area contributed by atoms with Gasteiger partial charge in [-0.2, -0.15) is 0 Å². The van der Waals surface area contributed by atoms with Gasteiger partial charge in [0, 0.05) is 12.8 Å². The minimum absolute atomic E-state index is 0.288. The molecule has 0 fully saturated rings. The summed E-state index contributed by atoms with van der Waals surface area (Å²) in [6, 6.07) is 6.51. The molecule has 31 heavy (non-hydrogen) atoms. The Balaban J connectivity index is 2.32. The Labute approximate surface area is 188 Å². The maximum Gasteiger partial charge on any atom is 0.303 e. The Kier molecular flexibility index (Phi) is 15.3. The number of carboxylic acids is 2. The Morgan fingerprint density at radius 1 is 0.677 bits per heavy atom. The van der Waals surface area contributed by atoms with E-state index in [9.17, 15) is 9.59 Å². The molecule has 0 aliphatic heterocycles. The molecule has 0 unspecified atom stereocenters. The van der Waals surface area contributed by atoms with Crippen molar-refractivity contribution >= 4 is 11.9 Å². The maximum atomic E-state index is 10.5. The van der Waals surface area contributed by atoms with Crippen LogP contribution in [0.2, 0.25) is 0 Å². The highest BCUT2D eigenvalue weighted by atomic mass is 16.5. The van der Waals surface area contributed by atoms with Gasteiger partial charge in [-0.05, 0) is 68.7 Å². The number of carbonyl (C=O) groups is 2. The zero-order chi connectivity index (χ0) is 22.7. The Morgan fingerprint density at radius 2 is 1.13 bits per heavy atom. The largest absolute Gasteiger partial charge is 0.494 e. The molecule has 5 heteroatoms. The van der Waals surface area contributed by atoms with E-state index in [1.54, 1.807) is 0 Å². The highest BCUT2D eigenvalue weighted by Gasteiger charge is 2.06. The number of unbranched alkanes of at least 4 members (excludes halogenated alkanes) is 10. The molecule has 1 rings (SSSR count). The van der Waals surface area contributed by atoms with Crippen LogP contribution in [0.4, 0.5) is 0 Å². The average Bonchev–Trinajstić information content (AvgIpc) is 2.72. The van der Waals surface area contributed by atoms with Crippen molar-refractivity contribution in [1.82, 2.24) is 0 Å². The second-order valence-electron chi connectivity index (χ2n) is 8.39. The first kappa shape index (κ1) is 27.0. The Morgan fingerprint density at radius 3 is 1.61 bits per heavy atom. The van der Waals surface area contributed by atoms with Gasteiger partial charge in [0.25, 0.3) is 0 Å². The third-order valence-corrected chi connectivity index (χ3v) is 5.66. The lowest BCUT2D eigenvalue weighted by Gasteiger charge is -2.13. The first-order valence-electron chi connectivity index (χ1n) is 12.2. The summed E-state index contributed by atoms with van der Waals surface area (Å²) in [4.78, 5) is 21.1. The molecule has 1 aromatic rings. The van der Waals surface area contributed by atoms with E-state index >= 15 is 0 Å². The van der Waals surface area contributed by atoms with Gasteiger partial charge in [-0.15, -0.1) is 0 Å². The zero-order valence-electron chi connectivity index (χ0n) is 19.4. The number of aryl methyl sites for hydroxylation is 2. The molecular weight excluding hydrogens is 392 g/mol. The minimum Gasteiger partial charge on any atom is -0.494 e. The maximum absolute atomic E-state index is 10.5. The van der Waals surface area contributed by atoms with Crippen LogP contribution in [0.3, 0.4) is 0 Å². The van der Waals surface area contributed by atoms with Gasteiger partial charge in [0.2, 0.25) is 0 Å². The molecule has 0 heterocycles. The van der Waals surface area contributed by atoms with Crippen LogP contribution < -0.4 is 4.74 Å². The molecule has 0 saturated carbocycles. The lowest BCUT2D eigenvalue weighted by molar-refractivity contribution is -0.138. The van der Waals surface area contributed by atoms with Gasteiger partial charge >= 0.3 is 11.9 Å². The fourth-order valence-corrected chi connectivity index (χ4v) is 3.93. The van der Waals surface area contributed by atoms with E-state index in [4.69, 9.17) is 14.9 Å². The van der Waals surface area contributed by atoms with Gasteiger partial charge in [0.1, 0.15) is 5.75 Å². The van der Waals surface area contributed by atoms with Crippen LogP contribution in [-0.4, -0.2) is 28.8 Å². The number of hydrogen-bond donors (Lipinski definition) is 2. The summed E-state index contributed by atoms with van der Waals surface area (Å²) in [6.45, 7) is 2.69. The van der Waals surface area contributed by atoms with Crippen molar-refractivity contribution in [3.05, 3.63) is 29.3 Å². The zero-order valence-corrected chi connectivity index (χ0v) is 19.4. The number of aliphatic carboxylic acids is 2. The Hall–Kier alpha value is -2.04. The van der Waals surface area contributed by atoms with Gasteiger partial charge in [-0.25, -0.2) is 0 Å². The van der Waals surface area contributed by atoms with Gasteiger partial charge < -0.3 is 14.9 Å². The molecule has 0 aliphatic carbocycles. The summed E-state index contributed by atoms with van der Waals surface area (Å²) < 4.78 is 5.70. The first-order valence-corrected chi connectivity index (χ1v) is 12.2. The summed E-state index contributed by atoms with van der Waals surface area (Å²) in [6.07, 6.45) is 15.6. The molecule has 5 nitrogen and oxygen atoms in total. The van der Waals surface area contributed by atoms with Crippen LogP contribution in [0.5, 0.6) is 5.75 Å². The van der Waals surface area contributed by atoms with Crippen LogP contribution in [0.25, 0.3) is 0 Å². The molecule has 0 aromatic heterocycles. The minimum atomic E-state index is -0.695. The van der Waals surface area contributed by atoms with E-state index < -0.39 is 11.9 Å². The van der Waals surface area contributed by atoms with Crippen molar-refractivity contribution in [3.63, 3.8) is 0 Å². The first-order chi connectivity index (χ1) is 15.0. The summed E-state index contributed by atoms with van der Waals surface area (Å²) >= 11 is 0. The van der Waals surface area contributed by atoms with E-state index in [0.717, 1.165) is 63.5 Å². The van der Waals surface area contributed by atoms with E-state index in [-0.39, 0.29) is 12.8 Å². The van der Waals surface area contributed by atoms with Crippen LogP contribution >= 0.6 is 0 Å². The number of hydrogen-bond acceptors (Lipinski definition) is 3. The van der Waals surface area contributed by atoms with Crippen LogP contribution in [0.1, 0.15) is 108 Å². The lowest BCUT2D eigenvalue weighted by Crippen LogP contribution is -1.99. The summed E-state index contributed by atoms with van der Waals surface area (Å²) in [5.74, 6) is -0.436. The van der Waals surface area contributed by atoms with Crippen molar-refractivity contribution in [3.8, 4) is 5.75 Å². The Bertz CT molecular complexity index is 626. The molecule has 0 saturated heterocycles. The molecule has 0 amide bonds. The fourth-order valence-electron chi connectivity index (χ4n) is 3.93. The van der Waals surface area contributed by atoms with Crippen LogP contribution in [-0.2, 0) is 22.4 Å². The van der Waals surface area contributed by atoms with Crippen molar-refractivity contribution in [2.45, 2.75) is 110 Å². The van der Waals surface area contributed by atoms with Crippen LogP contribution in [0, 0.1) is 0 Å². The molecule has 176 valence electrons. The molecule has 0 radical (unpaired) electrons. The van der Waals surface area contributed by atoms with Crippen LogP contribution in [0.15, 0.2) is 18.2 Å². The van der Waals surface area contributed by atoms with Gasteiger partial charge in [-0.1, -0.05) is 57.4 Å². The molecule has 0 atom stereocenters. The number of ether oxygens (including phenoxy) is 1. The van der Waals surface area contributed by atoms with E-state index in [1.165, 1.54) is 43.2 Å². The molecular formula is C26H42O5. The third-order valence-electron chi connectivity index (χ3n) is 5.66. The standard InChI is InChI=1S/C26H42O5/c1-2-31-24-20-19-22(15-11-7-3-5-9-13-17-25(27)28)23(21-24)16-12-8-4-6-10-14-18-26(29)30/h19-21H,2-18H2,1H3,(H,27,28)(H,29,30). The van der Waals surface area contributed by atoms with E-state index in [2.05, 4.69) is 18.2 Å². The smallest absolute Gasteiger partial charge is 0.303 e. The fraction of sp³-hybridized carbons (Fsp3) is 0.692. The lowest BCUT2D eigenvalue weighted by atomic mass is 9.96. The normalized spacial score (nSPS) is 10.9. The van der Waals surface area contributed by atoms with Crippen molar-refractivity contribution < 1.29 is 24.5 Å².